The van der Waals surface area contributed by atoms with E-state index in [-0.39, 0.29) is 35.1 Å². The first-order valence-electron chi connectivity index (χ1n) is 8.49. The van der Waals surface area contributed by atoms with E-state index in [1.54, 1.807) is 19.1 Å². The predicted octanol–water partition coefficient (Wildman–Crippen LogP) is 4.00. The SMILES string of the molecule is Cc1cc(F)c(-c2nc3cc(OC4COC(CO)C4)[nH]c3cc2Cl)c(F)c1. The number of nitrogens with zero attached hydrogens (tertiary/aromatic N) is 1. The van der Waals surface area contributed by atoms with Gasteiger partial charge in [-0.15, -0.1) is 0 Å². The number of ether oxygens (including phenoxy) is 2. The molecule has 2 unspecified atom stereocenters. The number of aliphatic hydroxyl groups is 1. The molecule has 3 aromatic rings. The number of hydrogen-bond acceptors (Lipinski definition) is 4. The molecule has 0 radical (unpaired) electrons. The van der Waals surface area contributed by atoms with E-state index in [9.17, 15) is 8.78 Å². The molecule has 3 heterocycles. The van der Waals surface area contributed by atoms with Gasteiger partial charge in [0.2, 0.25) is 0 Å². The number of aliphatic hydroxyl groups excluding tert-OH is 1. The van der Waals surface area contributed by atoms with Crippen molar-refractivity contribution < 1.29 is 23.4 Å². The first-order valence-corrected chi connectivity index (χ1v) is 8.86. The van der Waals surface area contributed by atoms with E-state index in [2.05, 4.69) is 9.97 Å². The molecule has 1 aromatic carbocycles. The minimum atomic E-state index is -0.716. The topological polar surface area (TPSA) is 67.4 Å². The van der Waals surface area contributed by atoms with Crippen LogP contribution in [0.5, 0.6) is 5.88 Å². The fraction of sp³-hybridized carbons (Fsp3) is 0.316. The average Bonchev–Trinajstić information content (AvgIpc) is 3.20. The largest absolute Gasteiger partial charge is 0.473 e. The lowest BCUT2D eigenvalue weighted by atomic mass is 10.1. The molecular formula is C19H17ClF2N2O3. The van der Waals surface area contributed by atoms with Gasteiger partial charge in [0, 0.05) is 12.5 Å². The van der Waals surface area contributed by atoms with Crippen LogP contribution in [0.4, 0.5) is 8.78 Å². The Labute approximate surface area is 158 Å². The van der Waals surface area contributed by atoms with Crippen LogP contribution < -0.4 is 4.74 Å². The minimum Gasteiger partial charge on any atom is -0.473 e. The number of hydrogen-bond donors (Lipinski definition) is 2. The lowest BCUT2D eigenvalue weighted by Gasteiger charge is -2.09. The molecule has 2 atom stereocenters. The van der Waals surface area contributed by atoms with Crippen molar-refractivity contribution >= 4 is 22.6 Å². The molecule has 5 nitrogen and oxygen atoms in total. The third-order valence-corrected chi connectivity index (χ3v) is 4.78. The van der Waals surface area contributed by atoms with Gasteiger partial charge in [0.1, 0.15) is 17.7 Å². The van der Waals surface area contributed by atoms with E-state index in [0.717, 1.165) is 0 Å². The van der Waals surface area contributed by atoms with Gasteiger partial charge in [-0.25, -0.2) is 13.8 Å². The van der Waals surface area contributed by atoms with Gasteiger partial charge in [-0.3, -0.25) is 0 Å². The Morgan fingerprint density at radius 1 is 1.30 bits per heavy atom. The molecule has 0 saturated carbocycles. The van der Waals surface area contributed by atoms with Gasteiger partial charge in [-0.05, 0) is 30.7 Å². The Morgan fingerprint density at radius 2 is 2.04 bits per heavy atom. The van der Waals surface area contributed by atoms with Gasteiger partial charge in [-0.2, -0.15) is 0 Å². The van der Waals surface area contributed by atoms with Crippen molar-refractivity contribution in [3.8, 4) is 17.1 Å². The average molecular weight is 395 g/mol. The second-order valence-corrected chi connectivity index (χ2v) is 7.01. The van der Waals surface area contributed by atoms with E-state index >= 15 is 0 Å². The standard InChI is InChI=1S/C19H17ClF2N2O3/c1-9-2-13(21)18(14(22)3-9)19-12(20)5-15-16(24-19)6-17(23-15)27-11-4-10(7-25)26-8-11/h2-3,5-6,10-11,23,25H,4,7-8H2,1H3. The molecule has 4 rings (SSSR count). The van der Waals surface area contributed by atoms with Crippen LogP contribution in [0.15, 0.2) is 24.3 Å². The van der Waals surface area contributed by atoms with Gasteiger partial charge in [0.15, 0.2) is 5.88 Å². The summed E-state index contributed by atoms with van der Waals surface area (Å²) in [5.74, 6) is -0.986. The number of H-pyrrole nitrogens is 1. The van der Waals surface area contributed by atoms with Gasteiger partial charge in [0.05, 0.1) is 46.6 Å². The van der Waals surface area contributed by atoms with Crippen LogP contribution in [0.25, 0.3) is 22.3 Å². The highest BCUT2D eigenvalue weighted by Gasteiger charge is 2.27. The number of pyridine rings is 1. The third-order valence-electron chi connectivity index (χ3n) is 4.50. The van der Waals surface area contributed by atoms with Crippen LogP contribution in [0.3, 0.4) is 0 Å². The molecule has 1 aliphatic rings. The monoisotopic (exact) mass is 394 g/mol. The molecule has 142 valence electrons. The molecule has 8 heteroatoms. The number of rotatable bonds is 4. The highest BCUT2D eigenvalue weighted by Crippen LogP contribution is 2.34. The number of halogens is 3. The van der Waals surface area contributed by atoms with Gasteiger partial charge < -0.3 is 19.6 Å². The molecule has 1 aliphatic heterocycles. The van der Waals surface area contributed by atoms with Crippen LogP contribution >= 0.6 is 11.6 Å². The van der Waals surface area contributed by atoms with E-state index in [1.165, 1.54) is 12.1 Å². The van der Waals surface area contributed by atoms with Gasteiger partial charge in [0.25, 0.3) is 0 Å². The number of benzene rings is 1. The fourth-order valence-electron chi connectivity index (χ4n) is 3.23. The highest BCUT2D eigenvalue weighted by molar-refractivity contribution is 6.33. The van der Waals surface area contributed by atoms with E-state index in [1.807, 2.05) is 0 Å². The van der Waals surface area contributed by atoms with Gasteiger partial charge >= 0.3 is 0 Å². The zero-order chi connectivity index (χ0) is 19.1. The molecular weight excluding hydrogens is 378 g/mol. The Bertz CT molecular complexity index is 985. The molecule has 2 N–H and O–H groups in total. The molecule has 0 amide bonds. The van der Waals surface area contributed by atoms with Crippen molar-refractivity contribution in [1.29, 1.82) is 0 Å². The van der Waals surface area contributed by atoms with Crippen LogP contribution in [-0.4, -0.2) is 40.5 Å². The maximum Gasteiger partial charge on any atom is 0.193 e. The number of aromatic nitrogens is 2. The van der Waals surface area contributed by atoms with Crippen molar-refractivity contribution in [2.75, 3.05) is 13.2 Å². The summed E-state index contributed by atoms with van der Waals surface area (Å²) in [6.07, 6.45) is 0.147. The summed E-state index contributed by atoms with van der Waals surface area (Å²) in [6.45, 7) is 1.93. The quantitative estimate of drug-likeness (QED) is 0.702. The fourth-order valence-corrected chi connectivity index (χ4v) is 3.48. The zero-order valence-corrected chi connectivity index (χ0v) is 15.2. The molecule has 27 heavy (non-hydrogen) atoms. The van der Waals surface area contributed by atoms with E-state index in [4.69, 9.17) is 26.2 Å². The molecule has 0 aliphatic carbocycles. The first-order chi connectivity index (χ1) is 12.9. The molecule has 0 spiro atoms. The summed E-state index contributed by atoms with van der Waals surface area (Å²) in [6, 6.07) is 5.69. The Balaban J connectivity index is 1.68. The smallest absolute Gasteiger partial charge is 0.193 e. The number of fused-ring (bicyclic) bond motifs is 1. The van der Waals surface area contributed by atoms with Crippen LogP contribution in [0.1, 0.15) is 12.0 Å². The number of aromatic amines is 1. The van der Waals surface area contributed by atoms with Crippen molar-refractivity contribution in [3.63, 3.8) is 0 Å². The second-order valence-electron chi connectivity index (χ2n) is 6.60. The lowest BCUT2D eigenvalue weighted by molar-refractivity contribution is 0.0531. The summed E-state index contributed by atoms with van der Waals surface area (Å²) >= 11 is 6.23. The Hall–Kier alpha value is -2.22. The van der Waals surface area contributed by atoms with Crippen LogP contribution in [0, 0.1) is 18.6 Å². The summed E-state index contributed by atoms with van der Waals surface area (Å²) in [4.78, 5) is 7.37. The maximum absolute atomic E-state index is 14.3. The van der Waals surface area contributed by atoms with E-state index in [0.29, 0.717) is 35.5 Å². The number of nitrogens with one attached hydrogen (secondary N) is 1. The molecule has 2 aromatic heterocycles. The summed E-state index contributed by atoms with van der Waals surface area (Å²) in [5.41, 5.74) is 1.31. The van der Waals surface area contributed by atoms with Crippen molar-refractivity contribution in [2.45, 2.75) is 25.6 Å². The Kier molecular flexibility index (Phi) is 4.75. The summed E-state index contributed by atoms with van der Waals surface area (Å²) < 4.78 is 39.8. The maximum atomic E-state index is 14.3. The minimum absolute atomic E-state index is 0.0364. The molecule has 0 bridgehead atoms. The molecule has 1 saturated heterocycles. The van der Waals surface area contributed by atoms with Crippen molar-refractivity contribution in [2.24, 2.45) is 0 Å². The van der Waals surface area contributed by atoms with Crippen molar-refractivity contribution in [1.82, 2.24) is 9.97 Å². The van der Waals surface area contributed by atoms with E-state index < -0.39 is 11.6 Å². The lowest BCUT2D eigenvalue weighted by Crippen LogP contribution is -2.17. The third kappa shape index (κ3) is 3.50. The zero-order valence-electron chi connectivity index (χ0n) is 14.4. The van der Waals surface area contributed by atoms with Gasteiger partial charge in [-0.1, -0.05) is 11.6 Å². The van der Waals surface area contributed by atoms with Crippen LogP contribution in [-0.2, 0) is 4.74 Å². The summed E-state index contributed by atoms with van der Waals surface area (Å²) in [5, 5.41) is 9.25. The second kappa shape index (κ2) is 7.07. The number of aryl methyl sites for hydroxylation is 1. The van der Waals surface area contributed by atoms with Crippen LogP contribution in [0.2, 0.25) is 5.02 Å². The normalized spacial score (nSPS) is 19.7. The molecule has 1 fully saturated rings. The predicted molar refractivity (Wildman–Crippen MR) is 97.1 cm³/mol. The Morgan fingerprint density at radius 3 is 2.70 bits per heavy atom. The first kappa shape index (κ1) is 18.2. The summed E-state index contributed by atoms with van der Waals surface area (Å²) in [7, 11) is 0. The highest BCUT2D eigenvalue weighted by atomic mass is 35.5. The van der Waals surface area contributed by atoms with Crippen molar-refractivity contribution in [3.05, 3.63) is 46.5 Å².